The summed E-state index contributed by atoms with van der Waals surface area (Å²) in [6.45, 7) is 0. The topological polar surface area (TPSA) is 81.8 Å². The number of aliphatic hydroxyl groups excluding tert-OH is 1. The number of carbonyl (C=O) groups is 1. The SMILES string of the molecule is O=CC(O)c1c[nH]cc1-c1cc2ccncc2[nH]1. The van der Waals surface area contributed by atoms with Gasteiger partial charge in [0.25, 0.3) is 0 Å². The second kappa shape index (κ2) is 4.12. The van der Waals surface area contributed by atoms with E-state index in [1.165, 1.54) is 0 Å². The lowest BCUT2D eigenvalue weighted by Gasteiger charge is -2.03. The average Bonchev–Trinajstić information content (AvgIpc) is 3.03. The number of aromatic amines is 2. The number of pyridine rings is 1. The van der Waals surface area contributed by atoms with Gasteiger partial charge in [0.2, 0.25) is 0 Å². The average molecular weight is 241 g/mol. The smallest absolute Gasteiger partial charge is 0.153 e. The van der Waals surface area contributed by atoms with Crippen LogP contribution in [0.1, 0.15) is 11.7 Å². The van der Waals surface area contributed by atoms with Crippen LogP contribution in [-0.4, -0.2) is 26.3 Å². The van der Waals surface area contributed by atoms with E-state index in [4.69, 9.17) is 0 Å². The van der Waals surface area contributed by atoms with E-state index in [2.05, 4.69) is 15.0 Å². The van der Waals surface area contributed by atoms with E-state index in [1.807, 2.05) is 12.1 Å². The lowest BCUT2D eigenvalue weighted by atomic mass is 10.1. The zero-order valence-electron chi connectivity index (χ0n) is 9.42. The van der Waals surface area contributed by atoms with Crippen molar-refractivity contribution in [1.82, 2.24) is 15.0 Å². The summed E-state index contributed by atoms with van der Waals surface area (Å²) in [5, 5.41) is 10.7. The minimum atomic E-state index is -1.12. The number of nitrogens with one attached hydrogen (secondary N) is 2. The first-order valence-corrected chi connectivity index (χ1v) is 5.53. The monoisotopic (exact) mass is 241 g/mol. The lowest BCUT2D eigenvalue weighted by molar-refractivity contribution is -0.115. The fourth-order valence-corrected chi connectivity index (χ4v) is 2.04. The highest BCUT2D eigenvalue weighted by atomic mass is 16.3. The summed E-state index contributed by atoms with van der Waals surface area (Å²) in [6.07, 6.45) is 6.23. The number of hydrogen-bond acceptors (Lipinski definition) is 3. The Morgan fingerprint density at radius 3 is 3.06 bits per heavy atom. The van der Waals surface area contributed by atoms with Crippen LogP contribution >= 0.6 is 0 Å². The molecular formula is C13H11N3O2. The van der Waals surface area contributed by atoms with Crippen LogP contribution in [0.5, 0.6) is 0 Å². The second-order valence-electron chi connectivity index (χ2n) is 4.05. The second-order valence-corrected chi connectivity index (χ2v) is 4.05. The Balaban J connectivity index is 2.14. The fourth-order valence-electron chi connectivity index (χ4n) is 2.04. The molecule has 3 rings (SSSR count). The molecule has 0 aliphatic rings. The zero-order valence-corrected chi connectivity index (χ0v) is 9.42. The predicted octanol–water partition coefficient (Wildman–Crippen LogP) is 1.79. The molecule has 0 radical (unpaired) electrons. The van der Waals surface area contributed by atoms with Gasteiger partial charge in [0.15, 0.2) is 6.29 Å². The maximum Gasteiger partial charge on any atom is 0.153 e. The Labute approximate surface area is 102 Å². The number of hydrogen-bond donors (Lipinski definition) is 3. The lowest BCUT2D eigenvalue weighted by Crippen LogP contribution is -1.98. The van der Waals surface area contributed by atoms with Gasteiger partial charge in [-0.25, -0.2) is 0 Å². The van der Waals surface area contributed by atoms with E-state index in [0.29, 0.717) is 11.8 Å². The molecule has 0 aromatic carbocycles. The predicted molar refractivity (Wildman–Crippen MR) is 66.9 cm³/mol. The Bertz CT molecular complexity index is 666. The van der Waals surface area contributed by atoms with Gasteiger partial charge in [0.05, 0.1) is 11.7 Å². The molecule has 1 atom stereocenters. The summed E-state index contributed by atoms with van der Waals surface area (Å²) in [4.78, 5) is 20.8. The summed E-state index contributed by atoms with van der Waals surface area (Å²) in [5.74, 6) is 0. The zero-order chi connectivity index (χ0) is 12.5. The third-order valence-corrected chi connectivity index (χ3v) is 2.94. The van der Waals surface area contributed by atoms with Crippen molar-refractivity contribution >= 4 is 17.2 Å². The van der Waals surface area contributed by atoms with Gasteiger partial charge in [0.1, 0.15) is 6.10 Å². The van der Waals surface area contributed by atoms with Gasteiger partial charge in [-0.2, -0.15) is 0 Å². The van der Waals surface area contributed by atoms with Crippen LogP contribution in [0.3, 0.4) is 0 Å². The largest absolute Gasteiger partial charge is 0.381 e. The summed E-state index contributed by atoms with van der Waals surface area (Å²) < 4.78 is 0. The van der Waals surface area contributed by atoms with Crippen molar-refractivity contribution < 1.29 is 9.90 Å². The number of rotatable bonds is 3. The molecule has 0 fully saturated rings. The third-order valence-electron chi connectivity index (χ3n) is 2.94. The highest BCUT2D eigenvalue weighted by molar-refractivity contribution is 5.86. The van der Waals surface area contributed by atoms with Gasteiger partial charge in [-0.05, 0) is 12.1 Å². The molecule has 18 heavy (non-hydrogen) atoms. The summed E-state index contributed by atoms with van der Waals surface area (Å²) in [6, 6.07) is 3.86. The first kappa shape index (κ1) is 10.7. The van der Waals surface area contributed by atoms with Gasteiger partial charge in [-0.3, -0.25) is 4.98 Å². The highest BCUT2D eigenvalue weighted by Crippen LogP contribution is 2.29. The van der Waals surface area contributed by atoms with Crippen LogP contribution in [0.25, 0.3) is 22.2 Å². The van der Waals surface area contributed by atoms with Gasteiger partial charge in [-0.15, -0.1) is 0 Å². The normalized spacial score (nSPS) is 12.7. The molecular weight excluding hydrogens is 230 g/mol. The first-order chi connectivity index (χ1) is 8.79. The standard InChI is InChI=1S/C13H11N3O2/c17-7-13(18)10-5-15-4-9(10)11-3-8-1-2-14-6-12(8)16-11/h1-7,13,15-16,18H. The molecule has 0 saturated heterocycles. The van der Waals surface area contributed by atoms with E-state index >= 15 is 0 Å². The fraction of sp³-hybridized carbons (Fsp3) is 0.0769. The van der Waals surface area contributed by atoms with Crippen LogP contribution < -0.4 is 0 Å². The molecule has 3 aromatic heterocycles. The Morgan fingerprint density at radius 2 is 2.28 bits per heavy atom. The highest BCUT2D eigenvalue weighted by Gasteiger charge is 2.15. The van der Waals surface area contributed by atoms with Crippen molar-refractivity contribution in [3.05, 3.63) is 42.5 Å². The molecule has 0 bridgehead atoms. The van der Waals surface area contributed by atoms with Crippen molar-refractivity contribution in [2.24, 2.45) is 0 Å². The number of aldehydes is 1. The van der Waals surface area contributed by atoms with Crippen LogP contribution in [0.2, 0.25) is 0 Å². The van der Waals surface area contributed by atoms with Gasteiger partial charge < -0.3 is 19.9 Å². The summed E-state index contributed by atoms with van der Waals surface area (Å²) in [7, 11) is 0. The van der Waals surface area contributed by atoms with E-state index in [1.54, 1.807) is 24.8 Å². The number of aliphatic hydroxyl groups is 1. The quantitative estimate of drug-likeness (QED) is 0.611. The molecule has 0 spiro atoms. The third kappa shape index (κ3) is 1.61. The van der Waals surface area contributed by atoms with Crippen LogP contribution in [0.4, 0.5) is 0 Å². The molecule has 0 saturated carbocycles. The minimum absolute atomic E-state index is 0.511. The molecule has 5 nitrogen and oxygen atoms in total. The molecule has 1 unspecified atom stereocenters. The molecule has 0 aliphatic carbocycles. The summed E-state index contributed by atoms with van der Waals surface area (Å²) >= 11 is 0. The molecule has 3 N–H and O–H groups in total. The van der Waals surface area contributed by atoms with Crippen molar-refractivity contribution in [2.75, 3.05) is 0 Å². The van der Waals surface area contributed by atoms with E-state index in [0.717, 1.165) is 22.2 Å². The molecule has 0 amide bonds. The van der Waals surface area contributed by atoms with Crippen molar-refractivity contribution in [2.45, 2.75) is 6.10 Å². The van der Waals surface area contributed by atoms with E-state index in [-0.39, 0.29) is 0 Å². The minimum Gasteiger partial charge on any atom is -0.381 e. The summed E-state index contributed by atoms with van der Waals surface area (Å²) in [5.41, 5.74) is 3.10. The van der Waals surface area contributed by atoms with Crippen LogP contribution in [-0.2, 0) is 4.79 Å². The van der Waals surface area contributed by atoms with Gasteiger partial charge in [0, 0.05) is 40.8 Å². The Kier molecular flexibility index (Phi) is 2.46. The molecule has 3 heterocycles. The number of nitrogens with zero attached hydrogens (tertiary/aromatic N) is 1. The molecule has 3 aromatic rings. The first-order valence-electron chi connectivity index (χ1n) is 5.53. The molecule has 90 valence electrons. The maximum absolute atomic E-state index is 10.7. The van der Waals surface area contributed by atoms with Crippen molar-refractivity contribution in [3.63, 3.8) is 0 Å². The number of carbonyl (C=O) groups excluding carboxylic acids is 1. The number of fused-ring (bicyclic) bond motifs is 1. The molecule has 0 aliphatic heterocycles. The van der Waals surface area contributed by atoms with E-state index < -0.39 is 6.10 Å². The van der Waals surface area contributed by atoms with Gasteiger partial charge >= 0.3 is 0 Å². The van der Waals surface area contributed by atoms with E-state index in [9.17, 15) is 9.90 Å². The van der Waals surface area contributed by atoms with Crippen molar-refractivity contribution in [3.8, 4) is 11.3 Å². The van der Waals surface area contributed by atoms with Crippen molar-refractivity contribution in [1.29, 1.82) is 0 Å². The number of H-pyrrole nitrogens is 2. The number of aromatic nitrogens is 3. The Morgan fingerprint density at radius 1 is 1.39 bits per heavy atom. The molecule has 5 heteroatoms. The van der Waals surface area contributed by atoms with Crippen LogP contribution in [0.15, 0.2) is 36.9 Å². The van der Waals surface area contributed by atoms with Gasteiger partial charge in [-0.1, -0.05) is 0 Å². The van der Waals surface area contributed by atoms with Crippen LogP contribution in [0, 0.1) is 0 Å². The maximum atomic E-state index is 10.7. The Hall–Kier alpha value is -2.40.